The van der Waals surface area contributed by atoms with Crippen molar-refractivity contribution in [2.45, 2.75) is 12.8 Å². The highest BCUT2D eigenvalue weighted by atomic mass is 16.6. The van der Waals surface area contributed by atoms with Crippen molar-refractivity contribution in [1.29, 1.82) is 0 Å². The van der Waals surface area contributed by atoms with Gasteiger partial charge in [0.05, 0.1) is 6.42 Å². The Morgan fingerprint density at radius 2 is 1.79 bits per heavy atom. The quantitative estimate of drug-likeness (QED) is 0.437. The summed E-state index contributed by atoms with van der Waals surface area (Å²) in [6.07, 6.45) is 2.36. The molecule has 1 aromatic carbocycles. The van der Waals surface area contributed by atoms with E-state index >= 15 is 0 Å². The zero-order chi connectivity index (χ0) is 13.2. The van der Waals surface area contributed by atoms with Crippen LogP contribution in [0.5, 0.6) is 11.5 Å². The third-order valence-corrected chi connectivity index (χ3v) is 2.97. The molecule has 0 N–H and O–H groups in total. The van der Waals surface area contributed by atoms with E-state index in [0.29, 0.717) is 36.7 Å². The molecule has 0 aliphatic carbocycles. The van der Waals surface area contributed by atoms with Gasteiger partial charge >= 0.3 is 11.9 Å². The van der Waals surface area contributed by atoms with Gasteiger partial charge in [0.15, 0.2) is 11.5 Å². The Balaban J connectivity index is 1.86. The second-order valence-electron chi connectivity index (χ2n) is 4.33. The number of cyclic esters (lactones) is 2. The molecule has 0 amide bonds. The van der Waals surface area contributed by atoms with Crippen molar-refractivity contribution in [3.05, 3.63) is 29.3 Å². The minimum Gasteiger partial charge on any atom is -0.486 e. The second-order valence-corrected chi connectivity index (χ2v) is 4.33. The molecule has 0 radical (unpaired) electrons. The highest BCUT2D eigenvalue weighted by Crippen LogP contribution is 2.32. The third kappa shape index (κ3) is 2.45. The number of benzene rings is 1. The fraction of sp³-hybridized carbons (Fsp3) is 0.286. The van der Waals surface area contributed by atoms with Gasteiger partial charge < -0.3 is 14.2 Å². The van der Waals surface area contributed by atoms with Gasteiger partial charge in [0, 0.05) is 5.57 Å². The summed E-state index contributed by atoms with van der Waals surface area (Å²) in [5.74, 6) is 0.339. The molecule has 0 aromatic heterocycles. The van der Waals surface area contributed by atoms with Crippen molar-refractivity contribution in [3.63, 3.8) is 0 Å². The minimum atomic E-state index is -0.564. The highest BCUT2D eigenvalue weighted by Gasteiger charge is 2.23. The molecule has 0 spiro atoms. The van der Waals surface area contributed by atoms with Gasteiger partial charge in [-0.15, -0.1) is 0 Å². The third-order valence-electron chi connectivity index (χ3n) is 2.97. The number of carbonyl (C=O) groups excluding carboxylic acids is 2. The van der Waals surface area contributed by atoms with Gasteiger partial charge in [-0.25, -0.2) is 4.79 Å². The normalized spacial score (nSPS) is 20.3. The van der Waals surface area contributed by atoms with Crippen LogP contribution in [-0.2, 0) is 14.3 Å². The molecule has 5 nitrogen and oxygen atoms in total. The molecule has 1 fully saturated rings. The van der Waals surface area contributed by atoms with Crippen LogP contribution in [-0.4, -0.2) is 25.2 Å². The van der Waals surface area contributed by atoms with Crippen LogP contribution in [0.1, 0.15) is 18.4 Å². The van der Waals surface area contributed by atoms with Crippen molar-refractivity contribution in [3.8, 4) is 11.5 Å². The first-order valence-electron chi connectivity index (χ1n) is 6.07. The molecular formula is C14H12O5. The van der Waals surface area contributed by atoms with Crippen LogP contribution in [0.2, 0.25) is 0 Å². The highest BCUT2D eigenvalue weighted by molar-refractivity contribution is 6.02. The average molecular weight is 260 g/mol. The smallest absolute Gasteiger partial charge is 0.341 e. The molecule has 98 valence electrons. The Morgan fingerprint density at radius 1 is 1.00 bits per heavy atom. The molecule has 0 atom stereocenters. The molecule has 5 heteroatoms. The summed E-state index contributed by atoms with van der Waals surface area (Å²) < 4.78 is 15.5. The van der Waals surface area contributed by atoms with Crippen LogP contribution in [0, 0.1) is 0 Å². The van der Waals surface area contributed by atoms with E-state index in [4.69, 9.17) is 9.47 Å². The van der Waals surface area contributed by atoms with Crippen molar-refractivity contribution in [2.24, 2.45) is 0 Å². The lowest BCUT2D eigenvalue weighted by molar-refractivity contribution is -0.159. The topological polar surface area (TPSA) is 61.8 Å². The van der Waals surface area contributed by atoms with Crippen LogP contribution in [0.4, 0.5) is 0 Å². The second kappa shape index (κ2) is 4.76. The average Bonchev–Trinajstić information content (AvgIpc) is 2.42. The van der Waals surface area contributed by atoms with Gasteiger partial charge in [-0.2, -0.15) is 0 Å². The van der Waals surface area contributed by atoms with E-state index in [0.717, 1.165) is 5.56 Å². The van der Waals surface area contributed by atoms with Gasteiger partial charge in [-0.3, -0.25) is 4.79 Å². The number of fused-ring (bicyclic) bond motifs is 1. The van der Waals surface area contributed by atoms with E-state index in [9.17, 15) is 9.59 Å². The number of carbonyl (C=O) groups is 2. The van der Waals surface area contributed by atoms with Crippen LogP contribution in [0.25, 0.3) is 6.08 Å². The molecule has 0 unspecified atom stereocenters. The molecule has 19 heavy (non-hydrogen) atoms. The molecule has 3 rings (SSSR count). The molecule has 0 bridgehead atoms. The van der Waals surface area contributed by atoms with E-state index in [2.05, 4.69) is 4.74 Å². The van der Waals surface area contributed by atoms with Crippen molar-refractivity contribution >= 4 is 18.0 Å². The van der Waals surface area contributed by atoms with Crippen LogP contribution in [0.15, 0.2) is 23.8 Å². The largest absolute Gasteiger partial charge is 0.486 e. The Hall–Kier alpha value is -2.30. The van der Waals surface area contributed by atoms with Gasteiger partial charge in [-0.1, -0.05) is 6.07 Å². The standard InChI is InChI=1S/C14H12O5/c15-13-4-2-10(14(16)19-13)7-9-1-3-11-12(8-9)18-6-5-17-11/h1,3,7-8H,2,4-6H2/b10-7+. The van der Waals surface area contributed by atoms with E-state index in [1.54, 1.807) is 12.1 Å². The summed E-state index contributed by atoms with van der Waals surface area (Å²) in [6, 6.07) is 5.45. The van der Waals surface area contributed by atoms with E-state index < -0.39 is 11.9 Å². The summed E-state index contributed by atoms with van der Waals surface area (Å²) in [4.78, 5) is 22.5. The van der Waals surface area contributed by atoms with Crippen molar-refractivity contribution < 1.29 is 23.8 Å². The number of hydrogen-bond donors (Lipinski definition) is 0. The zero-order valence-electron chi connectivity index (χ0n) is 10.2. The predicted octanol–water partition coefficient (Wildman–Crippen LogP) is 1.70. The first-order chi connectivity index (χ1) is 9.22. The molecule has 2 aliphatic rings. The number of esters is 2. The Kier molecular flexibility index (Phi) is 2.95. The van der Waals surface area contributed by atoms with E-state index in [-0.39, 0.29) is 6.42 Å². The first kappa shape index (κ1) is 11.8. The van der Waals surface area contributed by atoms with Gasteiger partial charge in [0.25, 0.3) is 0 Å². The summed E-state index contributed by atoms with van der Waals surface area (Å²) in [6.45, 7) is 1.06. The Morgan fingerprint density at radius 3 is 2.58 bits per heavy atom. The summed E-state index contributed by atoms with van der Waals surface area (Å²) in [5, 5.41) is 0. The van der Waals surface area contributed by atoms with E-state index in [1.165, 1.54) is 0 Å². The Bertz CT molecular complexity index is 573. The van der Waals surface area contributed by atoms with Crippen LogP contribution in [0.3, 0.4) is 0 Å². The maximum Gasteiger partial charge on any atom is 0.341 e. The predicted molar refractivity (Wildman–Crippen MR) is 65.7 cm³/mol. The van der Waals surface area contributed by atoms with Crippen molar-refractivity contribution in [1.82, 2.24) is 0 Å². The van der Waals surface area contributed by atoms with Gasteiger partial charge in [0.1, 0.15) is 13.2 Å². The molecule has 1 aromatic rings. The van der Waals surface area contributed by atoms with Gasteiger partial charge in [0.2, 0.25) is 0 Å². The fourth-order valence-corrected chi connectivity index (χ4v) is 2.04. The monoisotopic (exact) mass is 260 g/mol. The van der Waals surface area contributed by atoms with Crippen molar-refractivity contribution in [2.75, 3.05) is 13.2 Å². The molecule has 1 saturated heterocycles. The Labute approximate surface area is 109 Å². The lowest BCUT2D eigenvalue weighted by Crippen LogP contribution is -2.20. The van der Waals surface area contributed by atoms with E-state index in [1.807, 2.05) is 12.1 Å². The summed E-state index contributed by atoms with van der Waals surface area (Å²) >= 11 is 0. The number of hydrogen-bond acceptors (Lipinski definition) is 5. The van der Waals surface area contributed by atoms with Crippen LogP contribution >= 0.6 is 0 Å². The maximum absolute atomic E-state index is 11.5. The minimum absolute atomic E-state index is 0.238. The molecular weight excluding hydrogens is 248 g/mol. The number of rotatable bonds is 1. The number of ether oxygens (including phenoxy) is 3. The first-order valence-corrected chi connectivity index (χ1v) is 6.07. The summed E-state index contributed by atoms with van der Waals surface area (Å²) in [7, 11) is 0. The molecule has 0 saturated carbocycles. The van der Waals surface area contributed by atoms with Gasteiger partial charge in [-0.05, 0) is 30.2 Å². The molecule has 2 heterocycles. The lowest BCUT2D eigenvalue weighted by Gasteiger charge is -2.18. The maximum atomic E-state index is 11.5. The SMILES string of the molecule is O=C1CC/C(=C\c2ccc3c(c2)OCCO3)C(=O)O1. The molecule has 2 aliphatic heterocycles. The fourth-order valence-electron chi connectivity index (χ4n) is 2.04. The zero-order valence-corrected chi connectivity index (χ0v) is 10.2. The van der Waals surface area contributed by atoms with Crippen LogP contribution < -0.4 is 9.47 Å². The summed E-state index contributed by atoms with van der Waals surface area (Å²) in [5.41, 5.74) is 1.32. The lowest BCUT2D eigenvalue weighted by atomic mass is 10.0.